The minimum Gasteiger partial charge on any atom is -0.508 e. The molecule has 21 heavy (non-hydrogen) atoms. The van der Waals surface area contributed by atoms with Crippen LogP contribution in [0.1, 0.15) is 49.7 Å². The molecule has 0 radical (unpaired) electrons. The van der Waals surface area contributed by atoms with Gasteiger partial charge in [0.05, 0.1) is 0 Å². The van der Waals surface area contributed by atoms with Crippen LogP contribution in [0.25, 0.3) is 0 Å². The Morgan fingerprint density at radius 3 is 1.33 bits per heavy atom. The lowest BCUT2D eigenvalue weighted by Gasteiger charge is -2.34. The summed E-state index contributed by atoms with van der Waals surface area (Å²) < 4.78 is 0. The molecular weight excluding hydrogens is 260 g/mol. The summed E-state index contributed by atoms with van der Waals surface area (Å²) in [7, 11) is 0. The molecule has 2 nitrogen and oxygen atoms in total. The summed E-state index contributed by atoms with van der Waals surface area (Å²) in [4.78, 5) is 0. The summed E-state index contributed by atoms with van der Waals surface area (Å²) in [5.41, 5.74) is 2.55. The fraction of sp³-hybridized carbons (Fsp3) is 0.368. The fourth-order valence-electron chi connectivity index (χ4n) is 3.64. The molecule has 0 atom stereocenters. The lowest BCUT2D eigenvalue weighted by molar-refractivity contribution is 0.439. The van der Waals surface area contributed by atoms with Gasteiger partial charge < -0.3 is 10.2 Å². The van der Waals surface area contributed by atoms with E-state index in [2.05, 4.69) is 0 Å². The van der Waals surface area contributed by atoms with E-state index < -0.39 is 0 Å². The molecule has 1 fully saturated rings. The van der Waals surface area contributed by atoms with Crippen molar-refractivity contribution in [3.05, 3.63) is 59.7 Å². The van der Waals surface area contributed by atoms with E-state index in [9.17, 15) is 10.2 Å². The third-order valence-corrected chi connectivity index (χ3v) is 4.80. The average Bonchev–Trinajstić information content (AvgIpc) is 2.75. The minimum absolute atomic E-state index is 0.0118. The number of rotatable bonds is 2. The zero-order valence-electron chi connectivity index (χ0n) is 12.3. The predicted octanol–water partition coefficient (Wildman–Crippen LogP) is 4.74. The SMILES string of the molecule is Oc1ccc(C2(c3ccc(O)cc3)CCCCCC2)cc1. The van der Waals surface area contributed by atoms with Gasteiger partial charge in [-0.1, -0.05) is 49.9 Å². The van der Waals surface area contributed by atoms with Crippen molar-refractivity contribution in [3.63, 3.8) is 0 Å². The molecular formula is C19H22O2. The van der Waals surface area contributed by atoms with Crippen molar-refractivity contribution >= 4 is 0 Å². The van der Waals surface area contributed by atoms with Crippen molar-refractivity contribution in [2.75, 3.05) is 0 Å². The summed E-state index contributed by atoms with van der Waals surface area (Å²) in [5.74, 6) is 0.626. The van der Waals surface area contributed by atoms with Gasteiger partial charge in [0.15, 0.2) is 0 Å². The van der Waals surface area contributed by atoms with Gasteiger partial charge in [-0.3, -0.25) is 0 Å². The molecule has 0 aromatic heterocycles. The molecule has 0 aliphatic heterocycles. The molecule has 0 saturated heterocycles. The van der Waals surface area contributed by atoms with Gasteiger partial charge in [0.2, 0.25) is 0 Å². The van der Waals surface area contributed by atoms with Gasteiger partial charge in [0.1, 0.15) is 11.5 Å². The highest BCUT2D eigenvalue weighted by molar-refractivity contribution is 5.43. The van der Waals surface area contributed by atoms with Crippen LogP contribution in [0.2, 0.25) is 0 Å². The van der Waals surface area contributed by atoms with Gasteiger partial charge in [-0.15, -0.1) is 0 Å². The molecule has 0 bridgehead atoms. The second kappa shape index (κ2) is 5.80. The average molecular weight is 282 g/mol. The number of phenols is 2. The molecule has 1 saturated carbocycles. The van der Waals surface area contributed by atoms with Crippen LogP contribution < -0.4 is 0 Å². The molecule has 1 aliphatic carbocycles. The van der Waals surface area contributed by atoms with Crippen molar-refractivity contribution in [2.24, 2.45) is 0 Å². The van der Waals surface area contributed by atoms with E-state index in [0.29, 0.717) is 11.5 Å². The van der Waals surface area contributed by atoms with E-state index in [1.165, 1.54) is 36.8 Å². The van der Waals surface area contributed by atoms with Gasteiger partial charge in [-0.05, 0) is 48.2 Å². The first kappa shape index (κ1) is 14.0. The van der Waals surface area contributed by atoms with Crippen molar-refractivity contribution in [3.8, 4) is 11.5 Å². The first-order valence-electron chi connectivity index (χ1n) is 7.80. The Labute approximate surface area is 126 Å². The first-order valence-corrected chi connectivity index (χ1v) is 7.80. The molecule has 2 aromatic rings. The molecule has 0 heterocycles. The number of phenolic OH excluding ortho intramolecular Hbond substituents is 2. The molecule has 0 spiro atoms. The van der Waals surface area contributed by atoms with Gasteiger partial charge in [0, 0.05) is 5.41 Å². The Kier molecular flexibility index (Phi) is 3.87. The maximum Gasteiger partial charge on any atom is 0.115 e. The first-order chi connectivity index (χ1) is 10.2. The van der Waals surface area contributed by atoms with Crippen LogP contribution in [-0.2, 0) is 5.41 Å². The topological polar surface area (TPSA) is 40.5 Å². The lowest BCUT2D eigenvalue weighted by atomic mass is 9.69. The van der Waals surface area contributed by atoms with E-state index in [1.807, 2.05) is 24.3 Å². The van der Waals surface area contributed by atoms with Gasteiger partial charge >= 0.3 is 0 Å². The van der Waals surface area contributed by atoms with E-state index >= 15 is 0 Å². The molecule has 3 rings (SSSR count). The van der Waals surface area contributed by atoms with E-state index in [-0.39, 0.29) is 5.41 Å². The highest BCUT2D eigenvalue weighted by atomic mass is 16.3. The smallest absolute Gasteiger partial charge is 0.115 e. The second-order valence-corrected chi connectivity index (χ2v) is 6.09. The minimum atomic E-state index is 0.0118. The van der Waals surface area contributed by atoms with Crippen molar-refractivity contribution in [2.45, 2.75) is 43.9 Å². The Morgan fingerprint density at radius 2 is 0.952 bits per heavy atom. The standard InChI is InChI=1S/C19H22O2/c20-17-9-5-15(6-10-17)19(13-3-1-2-4-14-19)16-7-11-18(21)12-8-16/h5-12,20-21H,1-4,13-14H2. The molecule has 1 aliphatic rings. The second-order valence-electron chi connectivity index (χ2n) is 6.09. The maximum absolute atomic E-state index is 9.57. The third-order valence-electron chi connectivity index (χ3n) is 4.80. The van der Waals surface area contributed by atoms with Crippen LogP contribution in [-0.4, -0.2) is 10.2 Å². The van der Waals surface area contributed by atoms with E-state index in [4.69, 9.17) is 0 Å². The largest absolute Gasteiger partial charge is 0.508 e. The van der Waals surface area contributed by atoms with Crippen LogP contribution in [0.15, 0.2) is 48.5 Å². The summed E-state index contributed by atoms with van der Waals surface area (Å²) in [6.45, 7) is 0. The van der Waals surface area contributed by atoms with Crippen LogP contribution in [0.5, 0.6) is 11.5 Å². The normalized spacial score (nSPS) is 18.1. The van der Waals surface area contributed by atoms with Crippen molar-refractivity contribution < 1.29 is 10.2 Å². The van der Waals surface area contributed by atoms with Gasteiger partial charge in [0.25, 0.3) is 0 Å². The zero-order valence-corrected chi connectivity index (χ0v) is 12.3. The summed E-state index contributed by atoms with van der Waals surface area (Å²) in [6.07, 6.45) is 7.28. The fourth-order valence-corrected chi connectivity index (χ4v) is 3.64. The highest BCUT2D eigenvalue weighted by Gasteiger charge is 2.34. The van der Waals surface area contributed by atoms with E-state index in [1.54, 1.807) is 24.3 Å². The maximum atomic E-state index is 9.57. The monoisotopic (exact) mass is 282 g/mol. The Morgan fingerprint density at radius 1 is 0.571 bits per heavy atom. The molecule has 110 valence electrons. The predicted molar refractivity (Wildman–Crippen MR) is 84.7 cm³/mol. The molecule has 2 aromatic carbocycles. The number of hydrogen-bond acceptors (Lipinski definition) is 2. The Hall–Kier alpha value is -1.96. The lowest BCUT2D eigenvalue weighted by Crippen LogP contribution is -2.27. The Balaban J connectivity index is 2.09. The number of hydrogen-bond donors (Lipinski definition) is 2. The summed E-state index contributed by atoms with van der Waals surface area (Å²) >= 11 is 0. The van der Waals surface area contributed by atoms with Crippen molar-refractivity contribution in [1.82, 2.24) is 0 Å². The Bertz CT molecular complexity index is 528. The van der Waals surface area contributed by atoms with Crippen LogP contribution >= 0.6 is 0 Å². The number of aromatic hydroxyl groups is 2. The van der Waals surface area contributed by atoms with Gasteiger partial charge in [-0.2, -0.15) is 0 Å². The summed E-state index contributed by atoms with van der Waals surface area (Å²) in [5, 5.41) is 19.1. The summed E-state index contributed by atoms with van der Waals surface area (Å²) in [6, 6.07) is 15.3. The third kappa shape index (κ3) is 2.76. The molecule has 2 heteroatoms. The molecule has 2 N–H and O–H groups in total. The molecule has 0 unspecified atom stereocenters. The van der Waals surface area contributed by atoms with Crippen LogP contribution in [0, 0.1) is 0 Å². The quantitative estimate of drug-likeness (QED) is 0.781. The van der Waals surface area contributed by atoms with Crippen LogP contribution in [0.4, 0.5) is 0 Å². The zero-order chi connectivity index (χ0) is 14.7. The molecule has 0 amide bonds. The van der Waals surface area contributed by atoms with Gasteiger partial charge in [-0.25, -0.2) is 0 Å². The number of benzene rings is 2. The van der Waals surface area contributed by atoms with Crippen LogP contribution in [0.3, 0.4) is 0 Å². The van der Waals surface area contributed by atoms with Crippen molar-refractivity contribution in [1.29, 1.82) is 0 Å². The van der Waals surface area contributed by atoms with E-state index in [0.717, 1.165) is 12.8 Å². The highest BCUT2D eigenvalue weighted by Crippen LogP contribution is 2.44.